The Bertz CT molecular complexity index is 1710. The van der Waals surface area contributed by atoms with E-state index in [9.17, 15) is 9.59 Å². The smallest absolute Gasteiger partial charge is 0.293 e. The van der Waals surface area contributed by atoms with Crippen LogP contribution in [0.3, 0.4) is 0 Å². The van der Waals surface area contributed by atoms with Crippen molar-refractivity contribution in [3.63, 3.8) is 0 Å². The Morgan fingerprint density at radius 3 is 2.41 bits per heavy atom. The number of ether oxygens (including phenoxy) is 1. The predicted octanol–water partition coefficient (Wildman–Crippen LogP) is 5.16. The number of carbonyl (C=O) groups is 1. The van der Waals surface area contributed by atoms with Gasteiger partial charge < -0.3 is 35.5 Å². The largest absolute Gasteiger partial charge is 0.397 e. The van der Waals surface area contributed by atoms with Crippen LogP contribution in [0.5, 0.6) is 0 Å². The minimum atomic E-state index is -0.264. The van der Waals surface area contributed by atoms with Crippen molar-refractivity contribution in [2.24, 2.45) is 7.05 Å². The lowest BCUT2D eigenvalue weighted by molar-refractivity contribution is 0.102. The maximum Gasteiger partial charge on any atom is 0.293 e. The van der Waals surface area contributed by atoms with Crippen LogP contribution < -0.4 is 31.7 Å². The molecule has 0 unspecified atom stereocenters. The number of rotatable bonds is 7. The van der Waals surface area contributed by atoms with Crippen LogP contribution in [0.1, 0.15) is 35.2 Å². The topological polar surface area (TPSA) is 118 Å². The van der Waals surface area contributed by atoms with Crippen molar-refractivity contribution in [3.05, 3.63) is 88.3 Å². The maximum atomic E-state index is 13.2. The second-order valence-electron chi connectivity index (χ2n) is 11.4. The van der Waals surface area contributed by atoms with E-state index in [1.54, 1.807) is 13.2 Å². The number of hydrogen-bond acceptors (Lipinski definition) is 8. The second kappa shape index (κ2) is 12.8. The molecule has 228 valence electrons. The Balaban J connectivity index is 1.21. The number of carbonyl (C=O) groups excluding carboxylic acids is 1. The molecule has 4 aromatic rings. The molecule has 0 spiro atoms. The van der Waals surface area contributed by atoms with E-state index in [-0.39, 0.29) is 17.3 Å². The molecular weight excluding hydrogens is 554 g/mol. The van der Waals surface area contributed by atoms with Gasteiger partial charge in [-0.1, -0.05) is 12.1 Å². The predicted molar refractivity (Wildman–Crippen MR) is 177 cm³/mol. The van der Waals surface area contributed by atoms with Gasteiger partial charge >= 0.3 is 0 Å². The van der Waals surface area contributed by atoms with Crippen LogP contribution in [-0.2, 0) is 11.8 Å². The van der Waals surface area contributed by atoms with Crippen molar-refractivity contribution < 1.29 is 9.53 Å². The highest BCUT2D eigenvalue weighted by atomic mass is 16.5. The van der Waals surface area contributed by atoms with Crippen LogP contribution in [-0.4, -0.2) is 54.9 Å². The highest BCUT2D eigenvalue weighted by Crippen LogP contribution is 2.31. The summed E-state index contributed by atoms with van der Waals surface area (Å²) in [6.45, 7) is 6.96. The standard InChI is InChI=1S/C34H39N7O3/c1-23-27(7-6-8-29(23)38-33(42)24-9-12-26(13-10-24)40-15-4-3-5-16-40)30-22-39(2)34(43)32(37-30)36-25-11-14-31(28(35)21-25)41-17-19-44-20-18-41/h6-14,21-22H,3-5,15-20,35H2,1-2H3,(H,36,37)(H,38,42). The third-order valence-corrected chi connectivity index (χ3v) is 8.42. The van der Waals surface area contributed by atoms with Gasteiger partial charge in [-0.25, -0.2) is 4.98 Å². The molecule has 2 fully saturated rings. The first kappa shape index (κ1) is 29.3. The first-order valence-corrected chi connectivity index (χ1v) is 15.2. The van der Waals surface area contributed by atoms with Crippen molar-refractivity contribution in [3.8, 4) is 11.3 Å². The summed E-state index contributed by atoms with van der Waals surface area (Å²) in [4.78, 5) is 35.5. The zero-order valence-electron chi connectivity index (χ0n) is 25.3. The third-order valence-electron chi connectivity index (χ3n) is 8.42. The molecule has 3 aromatic carbocycles. The van der Waals surface area contributed by atoms with Gasteiger partial charge in [0.25, 0.3) is 11.5 Å². The number of nitrogens with one attached hydrogen (secondary N) is 2. The zero-order valence-corrected chi connectivity index (χ0v) is 25.3. The number of aryl methyl sites for hydroxylation is 1. The molecule has 0 atom stereocenters. The van der Waals surface area contributed by atoms with E-state index >= 15 is 0 Å². The number of nitrogens with two attached hydrogens (primary N) is 1. The highest BCUT2D eigenvalue weighted by Gasteiger charge is 2.17. The van der Waals surface area contributed by atoms with Crippen LogP contribution in [0.25, 0.3) is 11.3 Å². The number of amides is 1. The second-order valence-corrected chi connectivity index (χ2v) is 11.4. The first-order chi connectivity index (χ1) is 21.4. The van der Waals surface area contributed by atoms with E-state index in [1.165, 1.54) is 23.8 Å². The Labute approximate surface area is 257 Å². The number of nitrogen functional groups attached to an aromatic ring is 1. The molecule has 0 bridgehead atoms. The molecule has 1 amide bonds. The number of nitrogens with zero attached hydrogens (tertiary/aromatic N) is 4. The Morgan fingerprint density at radius 2 is 1.68 bits per heavy atom. The van der Waals surface area contributed by atoms with Gasteiger partial charge in [-0.2, -0.15) is 0 Å². The molecule has 6 rings (SSSR count). The molecular formula is C34H39N7O3. The summed E-state index contributed by atoms with van der Waals surface area (Å²) >= 11 is 0. The van der Waals surface area contributed by atoms with Crippen LogP contribution >= 0.6 is 0 Å². The van der Waals surface area contributed by atoms with E-state index in [0.717, 1.165) is 48.7 Å². The SMILES string of the molecule is Cc1c(NC(=O)c2ccc(N3CCCCC3)cc2)cccc1-c1cn(C)c(=O)c(Nc2ccc(N3CCOCC3)c(N)c2)n1. The minimum absolute atomic E-state index is 0.177. The van der Waals surface area contributed by atoms with Crippen LogP contribution in [0.4, 0.5) is 34.3 Å². The van der Waals surface area contributed by atoms with E-state index in [0.29, 0.717) is 41.5 Å². The highest BCUT2D eigenvalue weighted by molar-refractivity contribution is 6.05. The van der Waals surface area contributed by atoms with Crippen LogP contribution in [0.15, 0.2) is 71.7 Å². The molecule has 44 heavy (non-hydrogen) atoms. The summed E-state index contributed by atoms with van der Waals surface area (Å²) in [7, 11) is 1.70. The number of anilines is 6. The van der Waals surface area contributed by atoms with Gasteiger partial charge in [0.1, 0.15) is 0 Å². The average Bonchev–Trinajstić information content (AvgIpc) is 3.05. The van der Waals surface area contributed by atoms with Gasteiger partial charge in [0.05, 0.1) is 30.3 Å². The van der Waals surface area contributed by atoms with Gasteiger partial charge in [-0.3, -0.25) is 9.59 Å². The first-order valence-electron chi connectivity index (χ1n) is 15.2. The summed E-state index contributed by atoms with van der Waals surface area (Å²) in [5, 5.41) is 6.23. The number of piperidine rings is 1. The van der Waals surface area contributed by atoms with Crippen molar-refractivity contribution in [2.45, 2.75) is 26.2 Å². The summed E-state index contributed by atoms with van der Waals surface area (Å²) in [5.74, 6) is 0.00971. The summed E-state index contributed by atoms with van der Waals surface area (Å²) < 4.78 is 6.96. The normalized spacial score (nSPS) is 15.2. The number of morpholine rings is 1. The molecule has 10 nitrogen and oxygen atoms in total. The number of benzene rings is 3. The Kier molecular flexibility index (Phi) is 8.51. The summed E-state index contributed by atoms with van der Waals surface area (Å²) in [6, 6.07) is 19.2. The molecule has 0 saturated carbocycles. The van der Waals surface area contributed by atoms with Gasteiger partial charge in [0.2, 0.25) is 0 Å². The van der Waals surface area contributed by atoms with Crippen molar-refractivity contribution >= 4 is 40.2 Å². The maximum absolute atomic E-state index is 13.2. The molecule has 2 aliphatic rings. The quantitative estimate of drug-likeness (QED) is 0.252. The molecule has 2 saturated heterocycles. The minimum Gasteiger partial charge on any atom is -0.397 e. The van der Waals surface area contributed by atoms with Crippen molar-refractivity contribution in [1.29, 1.82) is 0 Å². The average molecular weight is 594 g/mol. The van der Waals surface area contributed by atoms with Crippen molar-refractivity contribution in [1.82, 2.24) is 9.55 Å². The van der Waals surface area contributed by atoms with E-state index in [4.69, 9.17) is 15.5 Å². The third kappa shape index (κ3) is 6.26. The van der Waals surface area contributed by atoms with Crippen molar-refractivity contribution in [2.75, 3.05) is 65.6 Å². The lowest BCUT2D eigenvalue weighted by Crippen LogP contribution is -2.36. The monoisotopic (exact) mass is 593 g/mol. The number of hydrogen-bond donors (Lipinski definition) is 3. The van der Waals surface area contributed by atoms with Gasteiger partial charge in [0, 0.05) is 67.6 Å². The van der Waals surface area contributed by atoms with Crippen LogP contribution in [0, 0.1) is 6.92 Å². The molecule has 0 radical (unpaired) electrons. The van der Waals surface area contributed by atoms with Gasteiger partial charge in [0.15, 0.2) is 5.82 Å². The molecule has 3 heterocycles. The summed E-state index contributed by atoms with van der Waals surface area (Å²) in [5.41, 5.74) is 13.1. The molecule has 0 aliphatic carbocycles. The fraction of sp³-hybridized carbons (Fsp3) is 0.324. The van der Waals surface area contributed by atoms with Gasteiger partial charge in [-0.15, -0.1) is 0 Å². The fourth-order valence-corrected chi connectivity index (χ4v) is 5.90. The molecule has 2 aliphatic heterocycles. The zero-order chi connectivity index (χ0) is 30.6. The lowest BCUT2D eigenvalue weighted by atomic mass is 10.0. The van der Waals surface area contributed by atoms with E-state index < -0.39 is 0 Å². The van der Waals surface area contributed by atoms with E-state index in [2.05, 4.69) is 20.4 Å². The van der Waals surface area contributed by atoms with Gasteiger partial charge in [-0.05, 0) is 80.3 Å². The Hall–Kier alpha value is -4.83. The fourth-order valence-electron chi connectivity index (χ4n) is 5.90. The number of aromatic nitrogens is 2. The lowest BCUT2D eigenvalue weighted by Gasteiger charge is -2.30. The Morgan fingerprint density at radius 1 is 0.932 bits per heavy atom. The molecule has 1 aromatic heterocycles. The van der Waals surface area contributed by atoms with Crippen LogP contribution in [0.2, 0.25) is 0 Å². The van der Waals surface area contributed by atoms with E-state index in [1.807, 2.05) is 67.6 Å². The molecule has 4 N–H and O–H groups in total. The molecule has 10 heteroatoms. The summed E-state index contributed by atoms with van der Waals surface area (Å²) in [6.07, 6.45) is 5.39.